The number of anilines is 1. The van der Waals surface area contributed by atoms with Crippen molar-refractivity contribution in [3.8, 4) is 5.75 Å². The van der Waals surface area contributed by atoms with Gasteiger partial charge in [-0.25, -0.2) is 4.79 Å². The molecule has 0 unspecified atom stereocenters. The third-order valence-electron chi connectivity index (χ3n) is 9.53. The maximum Gasteiger partial charge on any atom is 0.329 e. The molecule has 4 aromatic rings. The van der Waals surface area contributed by atoms with Crippen LogP contribution in [-0.2, 0) is 16.6 Å². The number of aromatic nitrogens is 1. The maximum absolute atomic E-state index is 12.8. The minimum absolute atomic E-state index is 0.152. The number of carboxylic acid groups (broad SMARTS) is 1. The smallest absolute Gasteiger partial charge is 0.329 e. The molecule has 220 valence electrons. The summed E-state index contributed by atoms with van der Waals surface area (Å²) in [7, 11) is 0. The van der Waals surface area contributed by atoms with Gasteiger partial charge in [0.25, 0.3) is 0 Å². The molecular formula is C34H37ClN2O4S. The Hall–Kier alpha value is -3.13. The van der Waals surface area contributed by atoms with Crippen LogP contribution in [0.3, 0.4) is 0 Å². The first-order chi connectivity index (χ1) is 20.2. The van der Waals surface area contributed by atoms with Crippen LogP contribution in [-0.4, -0.2) is 33.3 Å². The van der Waals surface area contributed by atoms with Crippen molar-refractivity contribution in [2.45, 2.75) is 69.4 Å². The van der Waals surface area contributed by atoms with Gasteiger partial charge < -0.3 is 20.3 Å². The molecule has 1 fully saturated rings. The van der Waals surface area contributed by atoms with Crippen molar-refractivity contribution in [1.29, 1.82) is 0 Å². The van der Waals surface area contributed by atoms with Crippen molar-refractivity contribution >= 4 is 44.8 Å². The largest absolute Gasteiger partial charge is 0.492 e. The Labute approximate surface area is 255 Å². The van der Waals surface area contributed by atoms with E-state index in [0.717, 1.165) is 52.9 Å². The summed E-state index contributed by atoms with van der Waals surface area (Å²) in [4.78, 5) is 17.2. The van der Waals surface area contributed by atoms with Crippen molar-refractivity contribution in [2.24, 2.45) is 11.8 Å². The van der Waals surface area contributed by atoms with Crippen molar-refractivity contribution in [3.05, 3.63) is 87.9 Å². The predicted octanol–water partition coefficient (Wildman–Crippen LogP) is 8.03. The van der Waals surface area contributed by atoms with E-state index in [2.05, 4.69) is 29.4 Å². The minimum Gasteiger partial charge on any atom is -0.492 e. The molecule has 0 aliphatic heterocycles. The third kappa shape index (κ3) is 5.38. The summed E-state index contributed by atoms with van der Waals surface area (Å²) in [5, 5.41) is 26.8. The number of halogens is 1. The molecule has 1 saturated carbocycles. The van der Waals surface area contributed by atoms with Gasteiger partial charge in [0.1, 0.15) is 11.3 Å². The van der Waals surface area contributed by atoms with Crippen LogP contribution in [0, 0.1) is 11.8 Å². The molecule has 0 amide bonds. The lowest BCUT2D eigenvalue weighted by Crippen LogP contribution is -2.53. The van der Waals surface area contributed by atoms with Crippen molar-refractivity contribution in [3.63, 3.8) is 0 Å². The van der Waals surface area contributed by atoms with Crippen LogP contribution >= 0.6 is 22.9 Å². The summed E-state index contributed by atoms with van der Waals surface area (Å²) >= 11 is 7.86. The van der Waals surface area contributed by atoms with Crippen LogP contribution < -0.4 is 10.1 Å². The number of thiophene rings is 1. The predicted molar refractivity (Wildman–Crippen MR) is 169 cm³/mol. The van der Waals surface area contributed by atoms with Gasteiger partial charge in [0.15, 0.2) is 0 Å². The lowest BCUT2D eigenvalue weighted by molar-refractivity contribution is -0.144. The third-order valence-corrected chi connectivity index (χ3v) is 10.7. The Balaban J connectivity index is 1.25. The van der Waals surface area contributed by atoms with Crippen LogP contribution in [0.2, 0.25) is 5.02 Å². The van der Waals surface area contributed by atoms with Crippen LogP contribution in [0.4, 0.5) is 5.69 Å². The Morgan fingerprint density at radius 3 is 2.69 bits per heavy atom. The summed E-state index contributed by atoms with van der Waals surface area (Å²) in [5.41, 5.74) is 3.99. The molecule has 1 spiro atoms. The second kappa shape index (κ2) is 11.5. The zero-order valence-corrected chi connectivity index (χ0v) is 25.5. The molecule has 2 aromatic carbocycles. The average Bonchev–Trinajstić information content (AvgIpc) is 3.56. The van der Waals surface area contributed by atoms with Gasteiger partial charge >= 0.3 is 5.97 Å². The Morgan fingerprint density at radius 2 is 1.95 bits per heavy atom. The van der Waals surface area contributed by atoms with Crippen molar-refractivity contribution in [2.75, 3.05) is 11.9 Å². The zero-order valence-electron chi connectivity index (χ0n) is 24.0. The number of carbonyl (C=O) groups is 1. The van der Waals surface area contributed by atoms with Crippen molar-refractivity contribution in [1.82, 2.24) is 4.98 Å². The molecule has 6 rings (SSSR count). The van der Waals surface area contributed by atoms with Crippen LogP contribution in [0.25, 0.3) is 10.2 Å². The number of benzene rings is 2. The van der Waals surface area contributed by atoms with Gasteiger partial charge in [0.2, 0.25) is 0 Å². The van der Waals surface area contributed by atoms with E-state index in [-0.39, 0.29) is 5.41 Å². The fourth-order valence-corrected chi connectivity index (χ4v) is 8.28. The highest BCUT2D eigenvalue weighted by Crippen LogP contribution is 2.56. The quantitative estimate of drug-likeness (QED) is 0.179. The normalized spacial score (nSPS) is 24.8. The van der Waals surface area contributed by atoms with Crippen LogP contribution in [0.1, 0.15) is 68.7 Å². The van der Waals surface area contributed by atoms with Crippen LogP contribution in [0.15, 0.2) is 66.2 Å². The van der Waals surface area contributed by atoms with Gasteiger partial charge in [0, 0.05) is 16.9 Å². The fourth-order valence-electron chi connectivity index (χ4n) is 7.27. The number of nitrogens with zero attached hydrogens (tertiary/aromatic N) is 1. The standard InChI is InChI=1S/C34H37ClN2O4S/c1-21(20-41-30-8-14-36-29-9-15-42-31(29)30)16-25-17-24-7-6-23(22(2)38)18-28(24)33(25)10-12-34(13-11-33,32(39)40)37-27-5-3-4-26(35)19-27/h3-9,14-15,18-19,21-22,25,37-38H,10-13,16-17,20H2,1-2H3,(H,39,40)/t21-,22-,25-,33?,34?/m1/s1. The molecular weight excluding hydrogens is 568 g/mol. The lowest BCUT2D eigenvalue weighted by atomic mass is 9.59. The second-order valence-electron chi connectivity index (χ2n) is 12.3. The Morgan fingerprint density at radius 1 is 1.14 bits per heavy atom. The molecule has 6 nitrogen and oxygen atoms in total. The number of nitrogens with one attached hydrogen (secondary N) is 1. The summed E-state index contributed by atoms with van der Waals surface area (Å²) in [6.07, 6.45) is 5.67. The second-order valence-corrected chi connectivity index (χ2v) is 13.6. The molecule has 3 N–H and O–H groups in total. The minimum atomic E-state index is -1.06. The molecule has 42 heavy (non-hydrogen) atoms. The van der Waals surface area contributed by atoms with Gasteiger partial charge in [-0.1, -0.05) is 42.8 Å². The topological polar surface area (TPSA) is 91.7 Å². The van der Waals surface area contributed by atoms with Gasteiger partial charge in [-0.15, -0.1) is 11.3 Å². The van der Waals surface area contributed by atoms with E-state index in [1.165, 1.54) is 11.1 Å². The highest BCUT2D eigenvalue weighted by atomic mass is 35.5. The van der Waals surface area contributed by atoms with Gasteiger partial charge in [-0.2, -0.15) is 0 Å². The lowest BCUT2D eigenvalue weighted by Gasteiger charge is -2.47. The molecule has 2 aromatic heterocycles. The van der Waals surface area contributed by atoms with E-state index in [0.29, 0.717) is 36.3 Å². The zero-order chi connectivity index (χ0) is 29.5. The maximum atomic E-state index is 12.8. The van der Waals surface area contributed by atoms with E-state index in [9.17, 15) is 15.0 Å². The Kier molecular flexibility index (Phi) is 7.94. The molecule has 0 radical (unpaired) electrons. The molecule has 8 heteroatoms. The number of fused-ring (bicyclic) bond motifs is 3. The number of ether oxygens (including phenoxy) is 1. The van der Waals surface area contributed by atoms with E-state index in [1.54, 1.807) is 36.6 Å². The van der Waals surface area contributed by atoms with Crippen LogP contribution in [0.5, 0.6) is 5.75 Å². The number of aliphatic hydroxyl groups is 1. The first kappa shape index (κ1) is 29.0. The molecule has 0 saturated heterocycles. The number of hydrogen-bond acceptors (Lipinski definition) is 6. The monoisotopic (exact) mass is 604 g/mol. The SMILES string of the molecule is C[C@@H](COc1ccnc2ccsc12)C[C@@H]1Cc2ccc([C@@H](C)O)cc2C12CCC(Nc1cccc(Cl)c1)(C(=O)O)CC2. The molecule has 3 atom stereocenters. The number of hydrogen-bond donors (Lipinski definition) is 3. The first-order valence-corrected chi connectivity index (χ1v) is 16.0. The average molecular weight is 605 g/mol. The van der Waals surface area contributed by atoms with E-state index in [1.807, 2.05) is 35.7 Å². The first-order valence-electron chi connectivity index (χ1n) is 14.7. The Bertz CT molecular complexity index is 1590. The van der Waals surface area contributed by atoms with Gasteiger partial charge in [0.05, 0.1) is 22.9 Å². The van der Waals surface area contributed by atoms with Crippen molar-refractivity contribution < 1.29 is 19.7 Å². The fraction of sp³-hybridized carbons (Fsp3) is 0.412. The molecule has 2 aliphatic carbocycles. The summed E-state index contributed by atoms with van der Waals surface area (Å²) in [5.74, 6) is 0.705. The van der Waals surface area contributed by atoms with E-state index < -0.39 is 17.6 Å². The van der Waals surface area contributed by atoms with E-state index >= 15 is 0 Å². The summed E-state index contributed by atoms with van der Waals surface area (Å²) in [6, 6.07) is 17.6. The van der Waals surface area contributed by atoms with E-state index in [4.69, 9.17) is 16.3 Å². The highest BCUT2D eigenvalue weighted by Gasteiger charge is 2.54. The number of pyridine rings is 1. The number of rotatable bonds is 9. The molecule has 0 bridgehead atoms. The summed E-state index contributed by atoms with van der Waals surface area (Å²) < 4.78 is 7.41. The number of aliphatic carboxylic acids is 1. The molecule has 2 heterocycles. The molecule has 2 aliphatic rings. The summed E-state index contributed by atoms with van der Waals surface area (Å²) in [6.45, 7) is 4.65. The number of carboxylic acids is 1. The highest BCUT2D eigenvalue weighted by molar-refractivity contribution is 7.17. The van der Waals surface area contributed by atoms with Gasteiger partial charge in [-0.05, 0) is 115 Å². The number of aliphatic hydroxyl groups excluding tert-OH is 1. The van der Waals surface area contributed by atoms with Gasteiger partial charge in [-0.3, -0.25) is 4.98 Å².